The Hall–Kier alpha value is -3.36. The molecule has 3 aromatic rings. The van der Waals surface area contributed by atoms with E-state index in [9.17, 15) is 26.3 Å². The van der Waals surface area contributed by atoms with Crippen LogP contribution in [0.25, 0.3) is 16.8 Å². The van der Waals surface area contributed by atoms with Gasteiger partial charge in [-0.3, -0.25) is 0 Å². The Labute approximate surface area is 181 Å². The van der Waals surface area contributed by atoms with E-state index >= 15 is 0 Å². The first-order chi connectivity index (χ1) is 15.1. The van der Waals surface area contributed by atoms with Crippen LogP contribution in [0.15, 0.2) is 24.8 Å². The predicted octanol–water partition coefficient (Wildman–Crippen LogP) is 3.27. The number of alkyl halides is 6. The van der Waals surface area contributed by atoms with Crippen LogP contribution < -0.4 is 10.5 Å². The van der Waals surface area contributed by atoms with Crippen molar-refractivity contribution in [2.45, 2.75) is 50.8 Å². The second kappa shape index (κ2) is 8.20. The van der Waals surface area contributed by atoms with E-state index in [2.05, 4.69) is 15.2 Å². The van der Waals surface area contributed by atoms with Gasteiger partial charge in [0.1, 0.15) is 11.1 Å². The number of nitrogens with two attached hydrogens (primary N) is 1. The van der Waals surface area contributed by atoms with Crippen molar-refractivity contribution in [2.24, 2.45) is 5.73 Å². The average molecular weight is 480 g/mol. The highest BCUT2D eigenvalue weighted by molar-refractivity contribution is 5.73. The topological polar surface area (TPSA) is 121 Å². The normalized spacial score (nSPS) is 20.7. The fourth-order valence-electron chi connectivity index (χ4n) is 3.29. The van der Waals surface area contributed by atoms with Gasteiger partial charge < -0.3 is 15.6 Å². The summed E-state index contributed by atoms with van der Waals surface area (Å²) in [6.07, 6.45) is -3.09. The Morgan fingerprint density at radius 1 is 1.18 bits per heavy atom. The number of fused-ring (bicyclic) bond motifs is 1. The zero-order valence-electron chi connectivity index (χ0n) is 17.1. The molecule has 33 heavy (non-hydrogen) atoms. The van der Waals surface area contributed by atoms with E-state index in [-0.39, 0.29) is 16.3 Å². The number of ether oxygens (including phenoxy) is 1. The van der Waals surface area contributed by atoms with Crippen molar-refractivity contribution in [3.05, 3.63) is 30.4 Å². The summed E-state index contributed by atoms with van der Waals surface area (Å²) in [5.74, 6) is -2.43. The first-order valence-electron chi connectivity index (χ1n) is 9.31. The molecule has 1 saturated carbocycles. The molecule has 0 unspecified atom stereocenters. The van der Waals surface area contributed by atoms with E-state index < -0.39 is 24.0 Å². The predicted molar refractivity (Wildman–Crippen MR) is 100 cm³/mol. The number of carboxylic acid groups (broad SMARTS) is 1. The first kappa shape index (κ1) is 24.3. The molecule has 0 spiro atoms. The molecule has 0 atom stereocenters. The molecule has 4 rings (SSSR count). The smallest absolute Gasteiger partial charge is 0.475 e. The maximum Gasteiger partial charge on any atom is 0.504 e. The fraction of sp³-hybridized carbons (Fsp3) is 0.444. The van der Waals surface area contributed by atoms with Gasteiger partial charge in [0, 0.05) is 36.2 Å². The quantitative estimate of drug-likeness (QED) is 0.552. The number of carboxylic acids is 1. The van der Waals surface area contributed by atoms with Crippen molar-refractivity contribution in [3.63, 3.8) is 0 Å². The Morgan fingerprint density at radius 3 is 2.27 bits per heavy atom. The monoisotopic (exact) mass is 480 g/mol. The minimum Gasteiger partial charge on any atom is -0.475 e. The number of hydrogen-bond acceptors (Lipinski definition) is 6. The average Bonchev–Trinajstić information content (AvgIpc) is 3.27. The van der Waals surface area contributed by atoms with Crippen molar-refractivity contribution in [1.82, 2.24) is 24.4 Å². The number of nitrogens with zero attached hydrogens (tertiary/aromatic N) is 5. The van der Waals surface area contributed by atoms with E-state index in [1.165, 1.54) is 0 Å². The lowest BCUT2D eigenvalue weighted by molar-refractivity contribution is -0.212. The maximum absolute atomic E-state index is 12.8. The van der Waals surface area contributed by atoms with Crippen molar-refractivity contribution in [2.75, 3.05) is 0 Å². The summed E-state index contributed by atoms with van der Waals surface area (Å²) in [7, 11) is 0. The minimum absolute atomic E-state index is 0.0602. The zero-order valence-corrected chi connectivity index (χ0v) is 17.1. The molecule has 1 aliphatic rings. The third-order valence-electron chi connectivity index (χ3n) is 4.76. The lowest BCUT2D eigenvalue weighted by Gasteiger charge is -2.42. The maximum atomic E-state index is 12.8. The van der Waals surface area contributed by atoms with Gasteiger partial charge in [-0.1, -0.05) is 0 Å². The molecule has 0 radical (unpaired) electrons. The summed E-state index contributed by atoms with van der Waals surface area (Å²) in [5.41, 5.74) is 7.46. The lowest BCUT2D eigenvalue weighted by atomic mass is 9.77. The Bertz CT molecular complexity index is 1160. The highest BCUT2D eigenvalue weighted by Crippen LogP contribution is 2.37. The van der Waals surface area contributed by atoms with Gasteiger partial charge in [0.2, 0.25) is 5.88 Å². The Balaban J connectivity index is 0.000000383. The minimum atomic E-state index is -5.08. The van der Waals surface area contributed by atoms with Crippen LogP contribution in [-0.2, 0) is 11.1 Å². The lowest BCUT2D eigenvalue weighted by Crippen LogP contribution is -2.53. The van der Waals surface area contributed by atoms with Crippen molar-refractivity contribution in [1.29, 1.82) is 0 Å². The van der Waals surface area contributed by atoms with Crippen LogP contribution in [0.1, 0.15) is 25.3 Å². The molecule has 1 aliphatic carbocycles. The van der Waals surface area contributed by atoms with Gasteiger partial charge >= 0.3 is 18.4 Å². The van der Waals surface area contributed by atoms with Gasteiger partial charge in [0.15, 0.2) is 0 Å². The largest absolute Gasteiger partial charge is 0.504 e. The summed E-state index contributed by atoms with van der Waals surface area (Å²) in [6, 6.07) is 0.0789. The summed E-state index contributed by atoms with van der Waals surface area (Å²) < 4.78 is 77.7. The third-order valence-corrected chi connectivity index (χ3v) is 4.76. The zero-order chi connectivity index (χ0) is 24.8. The van der Waals surface area contributed by atoms with Crippen molar-refractivity contribution in [3.8, 4) is 17.1 Å². The Kier molecular flexibility index (Phi) is 6.04. The Morgan fingerprint density at radius 2 is 1.79 bits per heavy atom. The highest BCUT2D eigenvalue weighted by Gasteiger charge is 2.41. The number of aliphatic carboxylic acids is 1. The summed E-state index contributed by atoms with van der Waals surface area (Å²) in [6.45, 7) is 3.81. The summed E-state index contributed by atoms with van der Waals surface area (Å²) in [5, 5.41) is 14.7. The molecule has 3 heterocycles. The highest BCUT2D eigenvalue weighted by atomic mass is 19.4. The SMILES string of the molecule is Cc1cnn2cc(-c3cnn(C(F)(F)F)c3)nc(OC3(C)CC(N)C3)c12.O=C(O)C(F)(F)F. The standard InChI is InChI=1S/C16H17F3N6O.C2HF3O2/c1-9-5-21-24-8-12(10-6-22-25(7-10)16(17,18)19)23-14(13(9)24)26-15(2)3-11(20)4-15;3-2(4,5)1(6)7/h5-8,11H,3-4,20H2,1-2H3;(H,6,7). The molecule has 15 heteroatoms. The second-order valence-corrected chi connectivity index (χ2v) is 7.72. The summed E-state index contributed by atoms with van der Waals surface area (Å²) >= 11 is 0. The van der Waals surface area contributed by atoms with Gasteiger partial charge in [-0.05, 0) is 13.8 Å². The molecule has 0 bridgehead atoms. The van der Waals surface area contributed by atoms with Crippen LogP contribution in [0.2, 0.25) is 0 Å². The van der Waals surface area contributed by atoms with Gasteiger partial charge in [-0.2, -0.15) is 28.1 Å². The number of rotatable bonds is 3. The number of hydrogen-bond donors (Lipinski definition) is 2. The first-order valence-corrected chi connectivity index (χ1v) is 9.31. The van der Waals surface area contributed by atoms with E-state index in [1.807, 2.05) is 13.8 Å². The number of aryl methyl sites for hydroxylation is 1. The summed E-state index contributed by atoms with van der Waals surface area (Å²) in [4.78, 5) is 13.3. The van der Waals surface area contributed by atoms with Crippen LogP contribution in [-0.4, -0.2) is 53.3 Å². The molecule has 3 N–H and O–H groups in total. The number of aromatic nitrogens is 5. The van der Waals surface area contributed by atoms with Crippen molar-refractivity contribution >= 4 is 11.5 Å². The van der Waals surface area contributed by atoms with Gasteiger partial charge in [0.05, 0.1) is 24.3 Å². The van der Waals surface area contributed by atoms with E-state index in [1.54, 1.807) is 16.9 Å². The van der Waals surface area contributed by atoms with Crippen LogP contribution in [0.4, 0.5) is 26.3 Å². The third kappa shape index (κ3) is 5.35. The molecule has 0 aliphatic heterocycles. The fourth-order valence-corrected chi connectivity index (χ4v) is 3.29. The number of halogens is 6. The molecule has 180 valence electrons. The number of carbonyl (C=O) groups is 1. The molecular weight excluding hydrogens is 462 g/mol. The molecule has 0 aromatic carbocycles. The van der Waals surface area contributed by atoms with E-state index in [0.29, 0.717) is 29.9 Å². The van der Waals surface area contributed by atoms with Crippen molar-refractivity contribution < 1.29 is 41.0 Å². The van der Waals surface area contributed by atoms with Crippen LogP contribution in [0.5, 0.6) is 5.88 Å². The van der Waals surface area contributed by atoms with Gasteiger partial charge in [-0.25, -0.2) is 14.3 Å². The molecule has 3 aromatic heterocycles. The molecule has 0 amide bonds. The van der Waals surface area contributed by atoms with Crippen LogP contribution in [0.3, 0.4) is 0 Å². The van der Waals surface area contributed by atoms with Crippen LogP contribution >= 0.6 is 0 Å². The second-order valence-electron chi connectivity index (χ2n) is 7.72. The molecule has 1 fully saturated rings. The van der Waals surface area contributed by atoms with E-state index in [4.69, 9.17) is 20.4 Å². The molecule has 0 saturated heterocycles. The van der Waals surface area contributed by atoms with Gasteiger partial charge in [0.25, 0.3) is 0 Å². The molecular formula is C18H18F6N6O3. The van der Waals surface area contributed by atoms with Gasteiger partial charge in [-0.15, -0.1) is 13.2 Å². The molecule has 9 nitrogen and oxygen atoms in total. The van der Waals surface area contributed by atoms with Crippen LogP contribution in [0, 0.1) is 6.92 Å². The van der Waals surface area contributed by atoms with E-state index in [0.717, 1.165) is 18.0 Å².